The summed E-state index contributed by atoms with van der Waals surface area (Å²) in [5.74, 6) is 0.587. The maximum absolute atomic E-state index is 9.76. The van der Waals surface area contributed by atoms with Crippen molar-refractivity contribution in [1.29, 1.82) is 0 Å². The Balaban J connectivity index is 2.23. The molecule has 1 N–H and O–H groups in total. The van der Waals surface area contributed by atoms with Gasteiger partial charge < -0.3 is 9.84 Å². The van der Waals surface area contributed by atoms with Crippen LogP contribution in [0.1, 0.15) is 29.8 Å². The predicted molar refractivity (Wildman–Crippen MR) is 79.4 cm³/mol. The Kier molecular flexibility index (Phi) is 4.58. The third kappa shape index (κ3) is 3.08. The van der Waals surface area contributed by atoms with E-state index >= 15 is 0 Å². The minimum absolute atomic E-state index is 0.292. The second-order valence-corrected chi connectivity index (χ2v) is 5.42. The lowest BCUT2D eigenvalue weighted by atomic mass is 10.1. The van der Waals surface area contributed by atoms with Crippen LogP contribution in [0.2, 0.25) is 10.2 Å². The normalized spacial score (nSPS) is 12.5. The first-order valence-corrected chi connectivity index (χ1v) is 6.94. The Morgan fingerprint density at radius 2 is 2.10 bits per heavy atom. The van der Waals surface area contributed by atoms with Gasteiger partial charge in [0, 0.05) is 23.2 Å². The maximum Gasteiger partial charge on any atom is 0.133 e. The molecule has 2 aromatic rings. The topological polar surface area (TPSA) is 47.3 Å². The fourth-order valence-corrected chi connectivity index (χ4v) is 2.37. The molecule has 0 fully saturated rings. The van der Waals surface area contributed by atoms with Gasteiger partial charge in [-0.15, -0.1) is 0 Å². The number of aliphatic hydroxyl groups is 1. The molecule has 0 bridgehead atoms. The summed E-state index contributed by atoms with van der Waals surface area (Å²) < 4.78 is 7.36. The molecule has 0 saturated heterocycles. The van der Waals surface area contributed by atoms with Gasteiger partial charge in [-0.1, -0.05) is 23.2 Å². The highest BCUT2D eigenvalue weighted by atomic mass is 35.5. The monoisotopic (exact) mass is 314 g/mol. The van der Waals surface area contributed by atoms with Gasteiger partial charge in [0.05, 0.1) is 11.8 Å². The van der Waals surface area contributed by atoms with Crippen molar-refractivity contribution in [1.82, 2.24) is 9.78 Å². The van der Waals surface area contributed by atoms with Crippen LogP contribution >= 0.6 is 23.2 Å². The number of hydrogen-bond donors (Lipinski definition) is 1. The van der Waals surface area contributed by atoms with Crippen molar-refractivity contribution in [3.8, 4) is 5.75 Å². The fraction of sp³-hybridized carbons (Fsp3) is 0.357. The first kappa shape index (κ1) is 15.2. The van der Waals surface area contributed by atoms with E-state index < -0.39 is 6.10 Å². The van der Waals surface area contributed by atoms with Crippen LogP contribution in [0.25, 0.3) is 0 Å². The van der Waals surface area contributed by atoms with Crippen molar-refractivity contribution in [3.63, 3.8) is 0 Å². The van der Waals surface area contributed by atoms with Gasteiger partial charge in [0.1, 0.15) is 17.5 Å². The summed E-state index contributed by atoms with van der Waals surface area (Å²) in [6.07, 6.45) is -0.658. The SMILES string of the molecule is Cc1nn(C)c(Cl)c1COc1ccc(Cl)cc1C(C)O. The molecule has 1 aromatic carbocycles. The first-order valence-electron chi connectivity index (χ1n) is 6.18. The largest absolute Gasteiger partial charge is 0.488 e. The minimum Gasteiger partial charge on any atom is -0.488 e. The molecule has 2 rings (SSSR count). The van der Waals surface area contributed by atoms with E-state index in [-0.39, 0.29) is 0 Å². The first-order chi connectivity index (χ1) is 9.40. The Bertz CT molecular complexity index is 624. The second kappa shape index (κ2) is 6.04. The molecule has 1 heterocycles. The molecule has 0 radical (unpaired) electrons. The fourth-order valence-electron chi connectivity index (χ4n) is 1.97. The Morgan fingerprint density at radius 3 is 2.65 bits per heavy atom. The molecule has 1 atom stereocenters. The number of ether oxygens (including phenoxy) is 1. The van der Waals surface area contributed by atoms with Gasteiger partial charge in [0.15, 0.2) is 0 Å². The lowest BCUT2D eigenvalue weighted by molar-refractivity contribution is 0.190. The van der Waals surface area contributed by atoms with E-state index in [0.29, 0.717) is 28.1 Å². The van der Waals surface area contributed by atoms with Crippen LogP contribution in [-0.4, -0.2) is 14.9 Å². The van der Waals surface area contributed by atoms with Crippen molar-refractivity contribution in [2.75, 3.05) is 0 Å². The highest BCUT2D eigenvalue weighted by Crippen LogP contribution is 2.30. The maximum atomic E-state index is 9.76. The lowest BCUT2D eigenvalue weighted by Gasteiger charge is -2.13. The molecule has 6 heteroatoms. The summed E-state index contributed by atoms with van der Waals surface area (Å²) in [7, 11) is 1.78. The van der Waals surface area contributed by atoms with Gasteiger partial charge in [-0.05, 0) is 32.0 Å². The van der Waals surface area contributed by atoms with Gasteiger partial charge in [-0.2, -0.15) is 5.10 Å². The number of benzene rings is 1. The molecule has 0 spiro atoms. The Hall–Kier alpha value is -1.23. The number of hydrogen-bond acceptors (Lipinski definition) is 3. The van der Waals surface area contributed by atoms with E-state index in [1.807, 2.05) is 6.92 Å². The average molecular weight is 315 g/mol. The van der Waals surface area contributed by atoms with Crippen LogP contribution in [0.3, 0.4) is 0 Å². The molecule has 0 amide bonds. The van der Waals surface area contributed by atoms with Crippen LogP contribution in [0.4, 0.5) is 0 Å². The van der Waals surface area contributed by atoms with E-state index in [0.717, 1.165) is 11.3 Å². The van der Waals surface area contributed by atoms with E-state index in [1.54, 1.807) is 36.9 Å². The summed E-state index contributed by atoms with van der Waals surface area (Å²) in [6, 6.07) is 5.16. The van der Waals surface area contributed by atoms with E-state index in [4.69, 9.17) is 27.9 Å². The van der Waals surface area contributed by atoms with Crippen molar-refractivity contribution in [3.05, 3.63) is 45.2 Å². The molecule has 20 heavy (non-hydrogen) atoms. The number of nitrogens with zero attached hydrogens (tertiary/aromatic N) is 2. The summed E-state index contributed by atoms with van der Waals surface area (Å²) >= 11 is 12.1. The standard InChI is InChI=1S/C14H16Cl2N2O2/c1-8-12(14(16)18(3)17-8)7-20-13-5-4-10(15)6-11(13)9(2)19/h4-6,9,19H,7H2,1-3H3. The lowest BCUT2D eigenvalue weighted by Crippen LogP contribution is -2.02. The summed E-state index contributed by atoms with van der Waals surface area (Å²) in [4.78, 5) is 0. The molecule has 0 saturated carbocycles. The molecule has 1 aromatic heterocycles. The van der Waals surface area contributed by atoms with Gasteiger partial charge in [0.2, 0.25) is 0 Å². The molecular weight excluding hydrogens is 299 g/mol. The summed E-state index contributed by atoms with van der Waals surface area (Å²) in [6.45, 7) is 3.84. The molecule has 0 aliphatic rings. The smallest absolute Gasteiger partial charge is 0.133 e. The zero-order chi connectivity index (χ0) is 14.9. The van der Waals surface area contributed by atoms with Crippen molar-refractivity contribution >= 4 is 23.2 Å². The predicted octanol–water partition coefficient (Wildman–Crippen LogP) is 3.67. The van der Waals surface area contributed by atoms with Crippen LogP contribution in [0.15, 0.2) is 18.2 Å². The average Bonchev–Trinajstić information content (AvgIpc) is 2.62. The molecule has 4 nitrogen and oxygen atoms in total. The quantitative estimate of drug-likeness (QED) is 0.936. The number of aromatic nitrogens is 2. The number of aliphatic hydroxyl groups excluding tert-OH is 1. The number of rotatable bonds is 4. The van der Waals surface area contributed by atoms with Gasteiger partial charge in [0.25, 0.3) is 0 Å². The molecule has 0 aliphatic carbocycles. The minimum atomic E-state index is -0.658. The van der Waals surface area contributed by atoms with E-state index in [1.165, 1.54) is 0 Å². The van der Waals surface area contributed by atoms with Crippen molar-refractivity contribution < 1.29 is 9.84 Å². The Labute approximate surface area is 127 Å². The molecule has 1 unspecified atom stereocenters. The summed E-state index contributed by atoms with van der Waals surface area (Å²) in [5.41, 5.74) is 2.31. The Morgan fingerprint density at radius 1 is 1.40 bits per heavy atom. The van der Waals surface area contributed by atoms with Crippen LogP contribution in [0, 0.1) is 6.92 Å². The van der Waals surface area contributed by atoms with E-state index in [9.17, 15) is 5.11 Å². The zero-order valence-corrected chi connectivity index (χ0v) is 13.0. The van der Waals surface area contributed by atoms with Gasteiger partial charge >= 0.3 is 0 Å². The van der Waals surface area contributed by atoms with Gasteiger partial charge in [-0.25, -0.2) is 0 Å². The van der Waals surface area contributed by atoms with Gasteiger partial charge in [-0.3, -0.25) is 4.68 Å². The number of halogens is 2. The van der Waals surface area contributed by atoms with Crippen LogP contribution in [-0.2, 0) is 13.7 Å². The number of aryl methyl sites for hydroxylation is 2. The third-order valence-corrected chi connectivity index (χ3v) is 3.77. The van der Waals surface area contributed by atoms with Crippen LogP contribution in [0.5, 0.6) is 5.75 Å². The van der Waals surface area contributed by atoms with Crippen molar-refractivity contribution in [2.24, 2.45) is 7.05 Å². The van der Waals surface area contributed by atoms with Crippen LogP contribution < -0.4 is 4.74 Å². The van der Waals surface area contributed by atoms with Crippen molar-refractivity contribution in [2.45, 2.75) is 26.6 Å². The second-order valence-electron chi connectivity index (χ2n) is 4.63. The molecular formula is C14H16Cl2N2O2. The molecule has 0 aliphatic heterocycles. The highest BCUT2D eigenvalue weighted by Gasteiger charge is 2.14. The van der Waals surface area contributed by atoms with E-state index in [2.05, 4.69) is 5.10 Å². The summed E-state index contributed by atoms with van der Waals surface area (Å²) in [5, 5.41) is 15.1. The molecule has 108 valence electrons. The zero-order valence-electron chi connectivity index (χ0n) is 11.5. The highest BCUT2D eigenvalue weighted by molar-refractivity contribution is 6.30. The third-order valence-electron chi connectivity index (χ3n) is 3.06.